The van der Waals surface area contributed by atoms with Crippen molar-refractivity contribution in [3.05, 3.63) is 0 Å². The van der Waals surface area contributed by atoms with Gasteiger partial charge >= 0.3 is 0 Å². The van der Waals surface area contributed by atoms with Crippen LogP contribution in [0.2, 0.25) is 0 Å². The summed E-state index contributed by atoms with van der Waals surface area (Å²) in [4.78, 5) is 13.6. The molecular formula is C10H20N2O2. The highest BCUT2D eigenvalue weighted by Crippen LogP contribution is 2.09. The minimum Gasteiger partial charge on any atom is -0.378 e. The molecule has 0 spiro atoms. The Labute approximate surface area is 85.4 Å². The van der Waals surface area contributed by atoms with E-state index in [2.05, 4.69) is 0 Å². The molecule has 1 fully saturated rings. The molecule has 0 aromatic rings. The van der Waals surface area contributed by atoms with Gasteiger partial charge in [0.25, 0.3) is 0 Å². The maximum Gasteiger partial charge on any atom is 0.223 e. The van der Waals surface area contributed by atoms with Crippen molar-refractivity contribution in [2.24, 2.45) is 11.7 Å². The van der Waals surface area contributed by atoms with E-state index in [1.807, 2.05) is 18.7 Å². The molecule has 1 saturated heterocycles. The zero-order valence-electron chi connectivity index (χ0n) is 9.03. The number of rotatable bonds is 3. The third kappa shape index (κ3) is 3.27. The molecule has 0 aromatic heterocycles. The smallest absolute Gasteiger partial charge is 0.223 e. The first-order valence-electron chi connectivity index (χ1n) is 5.22. The van der Waals surface area contributed by atoms with Crippen LogP contribution in [0.25, 0.3) is 0 Å². The summed E-state index contributed by atoms with van der Waals surface area (Å²) in [5.74, 6) is 0.462. The van der Waals surface area contributed by atoms with Crippen LogP contribution in [-0.2, 0) is 9.53 Å². The van der Waals surface area contributed by atoms with Crippen LogP contribution in [0.1, 0.15) is 20.3 Å². The second-order valence-corrected chi connectivity index (χ2v) is 4.03. The molecule has 1 rings (SSSR count). The number of nitrogens with two attached hydrogens (primary N) is 1. The quantitative estimate of drug-likeness (QED) is 0.709. The van der Waals surface area contributed by atoms with Gasteiger partial charge in [0, 0.05) is 25.6 Å². The van der Waals surface area contributed by atoms with Crippen molar-refractivity contribution in [1.82, 2.24) is 4.90 Å². The molecule has 4 heteroatoms. The van der Waals surface area contributed by atoms with Gasteiger partial charge in [0.2, 0.25) is 5.91 Å². The Bertz CT molecular complexity index is 189. The maximum absolute atomic E-state index is 11.7. The number of amides is 1. The van der Waals surface area contributed by atoms with Gasteiger partial charge in [0.1, 0.15) is 0 Å². The largest absolute Gasteiger partial charge is 0.378 e. The second-order valence-electron chi connectivity index (χ2n) is 4.03. The normalized spacial score (nSPS) is 21.8. The molecule has 2 N–H and O–H groups in total. The van der Waals surface area contributed by atoms with Gasteiger partial charge in [-0.2, -0.15) is 0 Å². The SMILES string of the molecule is C[C@@H](N)[C@@H](C)CC(=O)N1CCOCC1. The summed E-state index contributed by atoms with van der Waals surface area (Å²) in [6.07, 6.45) is 0.553. The summed E-state index contributed by atoms with van der Waals surface area (Å²) in [6.45, 7) is 6.74. The summed E-state index contributed by atoms with van der Waals surface area (Å²) < 4.78 is 5.18. The van der Waals surface area contributed by atoms with E-state index in [1.54, 1.807) is 0 Å². The monoisotopic (exact) mass is 200 g/mol. The predicted molar refractivity (Wildman–Crippen MR) is 54.8 cm³/mol. The van der Waals surface area contributed by atoms with Crippen molar-refractivity contribution in [2.45, 2.75) is 26.3 Å². The summed E-state index contributed by atoms with van der Waals surface area (Å²) >= 11 is 0. The van der Waals surface area contributed by atoms with Crippen LogP contribution in [0.5, 0.6) is 0 Å². The molecule has 82 valence electrons. The molecule has 1 amide bonds. The molecule has 0 unspecified atom stereocenters. The van der Waals surface area contributed by atoms with Crippen LogP contribution >= 0.6 is 0 Å². The minimum absolute atomic E-state index is 0.0833. The third-order valence-corrected chi connectivity index (χ3v) is 2.76. The molecule has 14 heavy (non-hydrogen) atoms. The first kappa shape index (κ1) is 11.5. The molecule has 0 bridgehead atoms. The topological polar surface area (TPSA) is 55.6 Å². The van der Waals surface area contributed by atoms with E-state index in [4.69, 9.17) is 10.5 Å². The number of hydrogen-bond acceptors (Lipinski definition) is 3. The summed E-state index contributed by atoms with van der Waals surface area (Å²) in [6, 6.07) is 0.0833. The van der Waals surface area contributed by atoms with Gasteiger partial charge in [0.15, 0.2) is 0 Å². The molecule has 1 aliphatic rings. The average Bonchev–Trinajstić information content (AvgIpc) is 2.19. The van der Waals surface area contributed by atoms with E-state index in [9.17, 15) is 4.79 Å². The summed E-state index contributed by atoms with van der Waals surface area (Å²) in [7, 11) is 0. The van der Waals surface area contributed by atoms with Gasteiger partial charge in [-0.05, 0) is 12.8 Å². The van der Waals surface area contributed by atoms with Crippen LogP contribution in [0.4, 0.5) is 0 Å². The van der Waals surface area contributed by atoms with Crippen molar-refractivity contribution < 1.29 is 9.53 Å². The van der Waals surface area contributed by atoms with Crippen molar-refractivity contribution in [3.8, 4) is 0 Å². The zero-order chi connectivity index (χ0) is 10.6. The van der Waals surface area contributed by atoms with Gasteiger partial charge < -0.3 is 15.4 Å². The Kier molecular flexibility index (Phi) is 4.35. The third-order valence-electron chi connectivity index (χ3n) is 2.76. The Morgan fingerprint density at radius 1 is 1.43 bits per heavy atom. The number of carbonyl (C=O) groups excluding carboxylic acids is 1. The van der Waals surface area contributed by atoms with Gasteiger partial charge in [-0.15, -0.1) is 0 Å². The van der Waals surface area contributed by atoms with Crippen molar-refractivity contribution >= 4 is 5.91 Å². The molecule has 1 heterocycles. The van der Waals surface area contributed by atoms with E-state index in [0.717, 1.165) is 13.1 Å². The molecule has 0 radical (unpaired) electrons. The van der Waals surface area contributed by atoms with E-state index < -0.39 is 0 Å². The van der Waals surface area contributed by atoms with Crippen molar-refractivity contribution in [1.29, 1.82) is 0 Å². The second kappa shape index (κ2) is 5.32. The maximum atomic E-state index is 11.7. The van der Waals surface area contributed by atoms with Crippen LogP contribution in [0.15, 0.2) is 0 Å². The molecule has 0 aromatic carbocycles. The minimum atomic E-state index is 0.0833. The van der Waals surface area contributed by atoms with Crippen molar-refractivity contribution in [2.75, 3.05) is 26.3 Å². The highest BCUT2D eigenvalue weighted by molar-refractivity contribution is 5.76. The molecule has 1 aliphatic heterocycles. The van der Waals surface area contributed by atoms with Crippen molar-refractivity contribution in [3.63, 3.8) is 0 Å². The van der Waals surface area contributed by atoms with Gasteiger partial charge in [-0.1, -0.05) is 6.92 Å². The zero-order valence-corrected chi connectivity index (χ0v) is 9.03. The number of hydrogen-bond donors (Lipinski definition) is 1. The van der Waals surface area contributed by atoms with E-state index in [0.29, 0.717) is 19.6 Å². The summed E-state index contributed by atoms with van der Waals surface area (Å²) in [5.41, 5.74) is 5.72. The molecule has 0 aliphatic carbocycles. The lowest BCUT2D eigenvalue weighted by molar-refractivity contribution is -0.136. The molecule has 2 atom stereocenters. The average molecular weight is 200 g/mol. The Balaban J connectivity index is 2.33. The summed E-state index contributed by atoms with van der Waals surface area (Å²) in [5, 5.41) is 0. The standard InChI is InChI=1S/C10H20N2O2/c1-8(9(2)11)7-10(13)12-3-5-14-6-4-12/h8-9H,3-7,11H2,1-2H3/t8-,9+/m0/s1. The van der Waals surface area contributed by atoms with E-state index in [1.165, 1.54) is 0 Å². The first-order valence-corrected chi connectivity index (χ1v) is 5.22. The predicted octanol–water partition coefficient (Wildman–Crippen LogP) is 0.219. The Morgan fingerprint density at radius 2 is 2.00 bits per heavy atom. The fraction of sp³-hybridized carbons (Fsp3) is 0.900. The van der Waals surface area contributed by atoms with Gasteiger partial charge in [0.05, 0.1) is 13.2 Å². The van der Waals surface area contributed by atoms with Crippen LogP contribution in [-0.4, -0.2) is 43.2 Å². The van der Waals surface area contributed by atoms with Gasteiger partial charge in [-0.3, -0.25) is 4.79 Å². The Morgan fingerprint density at radius 3 is 2.50 bits per heavy atom. The lowest BCUT2D eigenvalue weighted by Gasteiger charge is -2.28. The highest BCUT2D eigenvalue weighted by atomic mass is 16.5. The molecule has 4 nitrogen and oxygen atoms in total. The van der Waals surface area contributed by atoms with E-state index in [-0.39, 0.29) is 17.9 Å². The van der Waals surface area contributed by atoms with Crippen LogP contribution in [0, 0.1) is 5.92 Å². The number of carbonyl (C=O) groups is 1. The number of nitrogens with zero attached hydrogens (tertiary/aromatic N) is 1. The first-order chi connectivity index (χ1) is 6.61. The van der Waals surface area contributed by atoms with Gasteiger partial charge in [-0.25, -0.2) is 0 Å². The fourth-order valence-electron chi connectivity index (χ4n) is 1.40. The number of ether oxygens (including phenoxy) is 1. The molecular weight excluding hydrogens is 180 g/mol. The fourth-order valence-corrected chi connectivity index (χ4v) is 1.40. The lowest BCUT2D eigenvalue weighted by atomic mass is 10.00. The number of morpholine rings is 1. The van der Waals surface area contributed by atoms with Crippen LogP contribution in [0.3, 0.4) is 0 Å². The lowest BCUT2D eigenvalue weighted by Crippen LogP contribution is -2.42. The Hall–Kier alpha value is -0.610. The van der Waals surface area contributed by atoms with Crippen LogP contribution < -0.4 is 5.73 Å². The highest BCUT2D eigenvalue weighted by Gasteiger charge is 2.20. The molecule has 0 saturated carbocycles. The van der Waals surface area contributed by atoms with E-state index >= 15 is 0 Å².